The number of carbonyl (C=O) groups excluding carboxylic acids is 1. The van der Waals surface area contributed by atoms with Gasteiger partial charge in [0.2, 0.25) is 5.91 Å². The number of hydrogen-bond donors (Lipinski definition) is 1. The Morgan fingerprint density at radius 1 is 0.857 bits per heavy atom. The van der Waals surface area contributed by atoms with Crippen LogP contribution in [0.5, 0.6) is 0 Å². The Morgan fingerprint density at radius 3 is 1.80 bits per heavy atom. The van der Waals surface area contributed by atoms with Gasteiger partial charge in [-0.15, -0.1) is 0 Å². The van der Waals surface area contributed by atoms with Crippen LogP contribution in [0.4, 0.5) is 0 Å². The minimum absolute atomic E-state index is 0.148. The van der Waals surface area contributed by atoms with Gasteiger partial charge in [-0.05, 0) is 12.8 Å². The molecule has 0 saturated heterocycles. The van der Waals surface area contributed by atoms with Gasteiger partial charge < -0.3 is 28.5 Å². The molecule has 1 N–H and O–H groups in total. The fourth-order valence-electron chi connectivity index (χ4n) is 3.95. The molecular weight excluding hydrogens is 463 g/mol. The van der Waals surface area contributed by atoms with Crippen molar-refractivity contribution in [3.05, 3.63) is 0 Å². The first kappa shape index (κ1) is 34.5. The van der Waals surface area contributed by atoms with Crippen molar-refractivity contribution in [3.8, 4) is 0 Å². The van der Waals surface area contributed by atoms with E-state index >= 15 is 0 Å². The van der Waals surface area contributed by atoms with Crippen molar-refractivity contribution < 1.29 is 28.0 Å². The second-order valence-corrected chi connectivity index (χ2v) is 12.9. The molecule has 0 aliphatic heterocycles. The molecule has 0 saturated carbocycles. The van der Waals surface area contributed by atoms with Crippen LogP contribution < -0.4 is 10.2 Å². The molecule has 7 nitrogen and oxygen atoms in total. The minimum atomic E-state index is -3.95. The number of carbonyl (C=O) groups is 1. The van der Waals surface area contributed by atoms with Crippen molar-refractivity contribution in [2.45, 2.75) is 103 Å². The van der Waals surface area contributed by atoms with Crippen LogP contribution in [0.1, 0.15) is 103 Å². The lowest BCUT2D eigenvalue weighted by molar-refractivity contribution is -0.870. The van der Waals surface area contributed by atoms with Gasteiger partial charge in [-0.3, -0.25) is 4.79 Å². The Labute approximate surface area is 216 Å². The van der Waals surface area contributed by atoms with Gasteiger partial charge in [0.1, 0.15) is 20.7 Å². The molecule has 0 radical (unpaired) electrons. The lowest BCUT2D eigenvalue weighted by atomic mass is 10.0. The second kappa shape index (κ2) is 21.6. The van der Waals surface area contributed by atoms with Crippen LogP contribution in [0.25, 0.3) is 0 Å². The van der Waals surface area contributed by atoms with Gasteiger partial charge in [0, 0.05) is 19.8 Å². The first-order chi connectivity index (χ1) is 16.6. The van der Waals surface area contributed by atoms with Crippen LogP contribution in [-0.4, -0.2) is 71.1 Å². The smallest absolute Gasteiger partial charge is 0.225 e. The molecule has 0 aromatic heterocycles. The van der Waals surface area contributed by atoms with E-state index in [1.165, 1.54) is 77.0 Å². The van der Waals surface area contributed by atoms with Gasteiger partial charge in [-0.1, -0.05) is 90.4 Å². The van der Waals surface area contributed by atoms with Gasteiger partial charge in [0.05, 0.1) is 33.7 Å². The Morgan fingerprint density at radius 2 is 1.34 bits per heavy atom. The van der Waals surface area contributed by atoms with Crippen LogP contribution >= 0.6 is 7.60 Å². The predicted molar refractivity (Wildman–Crippen MR) is 145 cm³/mol. The van der Waals surface area contributed by atoms with Crippen molar-refractivity contribution in [3.63, 3.8) is 0 Å². The number of likely N-dealkylation sites (N-methyl/N-ethyl adjacent to an activating group) is 1. The summed E-state index contributed by atoms with van der Waals surface area (Å²) in [7, 11) is 3.56. The fourth-order valence-corrected chi connectivity index (χ4v) is 5.07. The summed E-state index contributed by atoms with van der Waals surface area (Å²) in [5, 5.41) is 2.62. The number of quaternary nitrogens is 1. The normalized spacial score (nSPS) is 14.6. The fraction of sp³-hybridized carbons (Fsp3) is 0.963. The number of hydrogen-bond acceptors (Lipinski definition) is 5. The zero-order valence-electron chi connectivity index (χ0n) is 23.7. The summed E-state index contributed by atoms with van der Waals surface area (Å²) >= 11 is 0. The highest BCUT2D eigenvalue weighted by Gasteiger charge is 2.21. The number of nitrogens with zero attached hydrogens (tertiary/aromatic N) is 1. The van der Waals surface area contributed by atoms with Crippen LogP contribution in [-0.2, 0) is 18.6 Å². The molecule has 0 aromatic rings. The molecule has 2 atom stereocenters. The zero-order valence-corrected chi connectivity index (χ0v) is 24.5. The van der Waals surface area contributed by atoms with Gasteiger partial charge in [0.15, 0.2) is 0 Å². The molecule has 0 bridgehead atoms. The summed E-state index contributed by atoms with van der Waals surface area (Å²) in [5.74, 6) is -0.659. The van der Waals surface area contributed by atoms with E-state index in [0.29, 0.717) is 17.6 Å². The molecule has 0 heterocycles. The van der Waals surface area contributed by atoms with E-state index < -0.39 is 13.5 Å². The first-order valence-corrected chi connectivity index (χ1v) is 15.9. The number of nitrogens with one attached hydrogen (secondary N) is 1. The van der Waals surface area contributed by atoms with Crippen molar-refractivity contribution in [2.24, 2.45) is 5.92 Å². The summed E-state index contributed by atoms with van der Waals surface area (Å²) in [6.07, 6.45) is 18.4. The van der Waals surface area contributed by atoms with Crippen molar-refractivity contribution in [1.29, 1.82) is 0 Å². The van der Waals surface area contributed by atoms with Gasteiger partial charge >= 0.3 is 0 Å². The number of amides is 1. The van der Waals surface area contributed by atoms with E-state index in [1.807, 2.05) is 21.1 Å². The molecule has 0 aliphatic carbocycles. The maximum atomic E-state index is 12.2. The third kappa shape index (κ3) is 23.7. The van der Waals surface area contributed by atoms with Crippen molar-refractivity contribution in [2.75, 3.05) is 60.7 Å². The van der Waals surface area contributed by atoms with E-state index in [9.17, 15) is 14.3 Å². The molecule has 1 unspecified atom stereocenters. The van der Waals surface area contributed by atoms with E-state index in [-0.39, 0.29) is 31.7 Å². The van der Waals surface area contributed by atoms with Crippen LogP contribution in [0, 0.1) is 5.92 Å². The maximum Gasteiger partial charge on any atom is 0.225 e. The molecule has 0 aromatic carbocycles. The number of rotatable bonds is 25. The third-order valence-corrected chi connectivity index (χ3v) is 7.76. The summed E-state index contributed by atoms with van der Waals surface area (Å²) in [5.41, 5.74) is 0. The topological polar surface area (TPSA) is 87.7 Å². The monoisotopic (exact) mass is 520 g/mol. The highest BCUT2D eigenvalue weighted by molar-refractivity contribution is 7.51. The van der Waals surface area contributed by atoms with Gasteiger partial charge in [0.25, 0.3) is 0 Å². The van der Waals surface area contributed by atoms with E-state index in [0.717, 1.165) is 12.8 Å². The highest BCUT2D eigenvalue weighted by atomic mass is 31.2. The SMILES string of the molecule is CCCCCCCCCCCCCCCCOC[C@@H](CCP(=O)([O-])OCC[N+](C)(C)C)C(=O)NC. The Hall–Kier alpha value is -0.460. The van der Waals surface area contributed by atoms with Crippen LogP contribution in [0.3, 0.4) is 0 Å². The Balaban J connectivity index is 3.80. The highest BCUT2D eigenvalue weighted by Crippen LogP contribution is 2.38. The molecule has 0 rings (SSSR count). The quantitative estimate of drug-likeness (QED) is 0.0974. The average molecular weight is 521 g/mol. The van der Waals surface area contributed by atoms with E-state index in [4.69, 9.17) is 9.26 Å². The molecule has 8 heteroatoms. The van der Waals surface area contributed by atoms with Crippen LogP contribution in [0.15, 0.2) is 0 Å². The number of unbranched alkanes of at least 4 members (excludes halogenated alkanes) is 13. The maximum absolute atomic E-state index is 12.2. The molecule has 210 valence electrons. The zero-order chi connectivity index (χ0) is 26.4. The van der Waals surface area contributed by atoms with Gasteiger partial charge in [-0.25, -0.2) is 0 Å². The summed E-state index contributed by atoms with van der Waals surface area (Å²) < 4.78 is 23.7. The van der Waals surface area contributed by atoms with Gasteiger partial charge in [-0.2, -0.15) is 0 Å². The lowest BCUT2D eigenvalue weighted by Crippen LogP contribution is -2.37. The summed E-state index contributed by atoms with van der Waals surface area (Å²) in [4.78, 5) is 24.3. The summed E-state index contributed by atoms with van der Waals surface area (Å²) in [6, 6.07) is 0. The predicted octanol–water partition coefficient (Wildman–Crippen LogP) is 5.51. The second-order valence-electron chi connectivity index (χ2n) is 11.0. The molecule has 0 spiro atoms. The molecule has 0 fully saturated rings. The third-order valence-electron chi connectivity index (χ3n) is 6.38. The van der Waals surface area contributed by atoms with Crippen molar-refractivity contribution >= 4 is 13.5 Å². The average Bonchev–Trinajstić information content (AvgIpc) is 2.79. The largest absolute Gasteiger partial charge is 0.778 e. The molecule has 35 heavy (non-hydrogen) atoms. The number of ether oxygens (including phenoxy) is 1. The minimum Gasteiger partial charge on any atom is -0.778 e. The summed E-state index contributed by atoms with van der Waals surface area (Å²) in [6.45, 7) is 3.88. The Bertz CT molecular complexity index is 554. The molecular formula is C27H57N2O5P. The molecule has 0 aliphatic rings. The van der Waals surface area contributed by atoms with Crippen molar-refractivity contribution in [1.82, 2.24) is 5.32 Å². The van der Waals surface area contributed by atoms with E-state index in [1.54, 1.807) is 7.05 Å². The molecule has 1 amide bonds. The first-order valence-electron chi connectivity index (χ1n) is 14.2. The standard InChI is InChI=1S/C27H57N2O5P/c1-6-7-8-9-10-11-12-13-14-15-16-17-18-19-22-33-25-26(27(30)28-2)20-24-35(31,32)34-23-21-29(3,4)5/h26H,6-25H2,1-5H3,(H-,28,30,31,32)/t26-/m1/s1. The van der Waals surface area contributed by atoms with Crippen LogP contribution in [0.2, 0.25) is 0 Å². The lowest BCUT2D eigenvalue weighted by Gasteiger charge is -2.28. The Kier molecular flexibility index (Phi) is 21.3. The van der Waals surface area contributed by atoms with E-state index in [2.05, 4.69) is 12.2 Å².